The van der Waals surface area contributed by atoms with Gasteiger partial charge in [0.15, 0.2) is 0 Å². The third kappa shape index (κ3) is 6.67. The minimum atomic E-state index is -4.09. The summed E-state index contributed by atoms with van der Waals surface area (Å²) in [6.07, 6.45) is 0. The lowest BCUT2D eigenvalue weighted by atomic mass is 10.1. The van der Waals surface area contributed by atoms with Crippen molar-refractivity contribution in [1.29, 1.82) is 0 Å². The fourth-order valence-corrected chi connectivity index (χ4v) is 4.21. The van der Waals surface area contributed by atoms with Crippen molar-refractivity contribution >= 4 is 27.7 Å². The van der Waals surface area contributed by atoms with Crippen LogP contribution in [0.25, 0.3) is 0 Å². The van der Waals surface area contributed by atoms with Gasteiger partial charge in [-0.1, -0.05) is 12.1 Å². The Morgan fingerprint density at radius 3 is 2.15 bits per heavy atom. The van der Waals surface area contributed by atoms with Gasteiger partial charge in [-0.2, -0.15) is 12.7 Å². The summed E-state index contributed by atoms with van der Waals surface area (Å²) in [6.45, 7) is 3.21. The Kier molecular flexibility index (Phi) is 9.39. The molecule has 0 heterocycles. The molecule has 2 rings (SSSR count). The lowest BCUT2D eigenvalue weighted by Gasteiger charge is -2.32. The van der Waals surface area contributed by atoms with Crippen molar-refractivity contribution < 1.29 is 27.1 Å². The topological polar surface area (TPSA) is 99.3 Å². The number of hydrogen-bond acceptors (Lipinski definition) is 5. The zero-order valence-corrected chi connectivity index (χ0v) is 20.8. The molecule has 0 aliphatic rings. The maximum Gasteiger partial charge on any atom is 0.304 e. The minimum absolute atomic E-state index is 0.0698. The fraction of sp³-hybridized carbons (Fsp3) is 0.391. The van der Waals surface area contributed by atoms with E-state index < -0.39 is 34.5 Å². The highest BCUT2D eigenvalue weighted by atomic mass is 32.2. The first-order valence-corrected chi connectivity index (χ1v) is 12.1. The van der Waals surface area contributed by atoms with Gasteiger partial charge in [-0.15, -0.1) is 0 Å². The van der Waals surface area contributed by atoms with E-state index in [0.29, 0.717) is 12.3 Å². The van der Waals surface area contributed by atoms with E-state index in [9.17, 15) is 22.4 Å². The van der Waals surface area contributed by atoms with E-state index in [0.717, 1.165) is 26.3 Å². The molecular formula is C23H31FN4O5S. The van der Waals surface area contributed by atoms with Gasteiger partial charge < -0.3 is 15.0 Å². The summed E-state index contributed by atoms with van der Waals surface area (Å²) >= 11 is 0. The molecule has 0 fully saturated rings. The average Bonchev–Trinajstić information content (AvgIpc) is 2.81. The number of carbonyl (C=O) groups is 2. The summed E-state index contributed by atoms with van der Waals surface area (Å²) in [5.74, 6) is -0.862. The Morgan fingerprint density at radius 2 is 1.65 bits per heavy atom. The number of hydrogen-bond donors (Lipinski definition) is 1. The second-order valence-corrected chi connectivity index (χ2v) is 9.78. The standard InChI is InChI=1S/C23H31FN4O5S/c1-6-25-23(30)17(2)27(15-18-7-13-21(33-5)14-8-18)22(29)16-28(34(31,32)26(3)4)20-11-9-19(24)10-12-20/h7-14,17H,6,15-16H2,1-5H3,(H,25,30)/t17-/m0/s1. The monoisotopic (exact) mass is 494 g/mol. The van der Waals surface area contributed by atoms with Crippen molar-refractivity contribution in [2.45, 2.75) is 26.4 Å². The SMILES string of the molecule is CCNC(=O)[C@H](C)N(Cc1ccc(OC)cc1)C(=O)CN(c1ccc(F)cc1)S(=O)(=O)N(C)C. The van der Waals surface area contributed by atoms with Gasteiger partial charge in [0, 0.05) is 27.2 Å². The third-order valence-corrected chi connectivity index (χ3v) is 6.98. The number of halogens is 1. The first kappa shape index (κ1) is 27.1. The van der Waals surface area contributed by atoms with E-state index >= 15 is 0 Å². The normalized spacial score (nSPS) is 12.2. The Labute approximate surface area is 200 Å². The second kappa shape index (κ2) is 11.8. The Balaban J connectivity index is 2.42. The summed E-state index contributed by atoms with van der Waals surface area (Å²) in [6, 6.07) is 10.9. The van der Waals surface area contributed by atoms with Gasteiger partial charge >= 0.3 is 10.2 Å². The average molecular weight is 495 g/mol. The molecule has 0 unspecified atom stereocenters. The summed E-state index contributed by atoms with van der Waals surface area (Å²) in [5, 5.41) is 2.69. The zero-order chi connectivity index (χ0) is 25.5. The molecule has 9 nitrogen and oxygen atoms in total. The van der Waals surface area contributed by atoms with Crippen molar-refractivity contribution in [3.05, 3.63) is 59.9 Å². The Hall–Kier alpha value is -3.18. The number of anilines is 1. The van der Waals surface area contributed by atoms with Gasteiger partial charge in [-0.05, 0) is 55.8 Å². The largest absolute Gasteiger partial charge is 0.497 e. The van der Waals surface area contributed by atoms with Crippen molar-refractivity contribution in [3.63, 3.8) is 0 Å². The first-order valence-electron chi connectivity index (χ1n) is 10.7. The molecule has 2 aromatic rings. The number of nitrogens with zero attached hydrogens (tertiary/aromatic N) is 3. The van der Waals surface area contributed by atoms with Crippen LogP contribution in [0.1, 0.15) is 19.4 Å². The molecule has 0 saturated carbocycles. The molecule has 0 spiro atoms. The molecule has 0 saturated heterocycles. The van der Waals surface area contributed by atoms with Gasteiger partial charge in [0.1, 0.15) is 24.2 Å². The van der Waals surface area contributed by atoms with E-state index in [-0.39, 0.29) is 18.1 Å². The van der Waals surface area contributed by atoms with Gasteiger partial charge in [0.2, 0.25) is 11.8 Å². The molecule has 1 atom stereocenters. The third-order valence-electron chi connectivity index (χ3n) is 5.16. The minimum Gasteiger partial charge on any atom is -0.497 e. The van der Waals surface area contributed by atoms with Crippen molar-refractivity contribution in [2.75, 3.05) is 38.6 Å². The number of rotatable bonds is 11. The predicted octanol–water partition coefficient (Wildman–Crippen LogP) is 2.00. The van der Waals surface area contributed by atoms with Gasteiger partial charge in [-0.25, -0.2) is 8.70 Å². The van der Waals surface area contributed by atoms with Crippen LogP contribution in [0.15, 0.2) is 48.5 Å². The first-order chi connectivity index (χ1) is 16.0. The van der Waals surface area contributed by atoms with Crippen molar-refractivity contribution in [2.24, 2.45) is 0 Å². The maximum atomic E-state index is 13.5. The summed E-state index contributed by atoms with van der Waals surface area (Å²) in [5.41, 5.74) is 0.854. The molecule has 2 aromatic carbocycles. The summed E-state index contributed by atoms with van der Waals surface area (Å²) < 4.78 is 46.5. The van der Waals surface area contributed by atoms with Crippen LogP contribution in [-0.4, -0.2) is 69.8 Å². The Bertz CT molecular complexity index is 1080. The smallest absolute Gasteiger partial charge is 0.304 e. The highest BCUT2D eigenvalue weighted by Crippen LogP contribution is 2.21. The predicted molar refractivity (Wildman–Crippen MR) is 128 cm³/mol. The number of likely N-dealkylation sites (N-methyl/N-ethyl adjacent to an activating group) is 1. The molecule has 0 aromatic heterocycles. The highest BCUT2D eigenvalue weighted by molar-refractivity contribution is 7.90. The number of ether oxygens (including phenoxy) is 1. The number of nitrogens with one attached hydrogen (secondary N) is 1. The van der Waals surface area contributed by atoms with Crippen LogP contribution >= 0.6 is 0 Å². The molecule has 11 heteroatoms. The highest BCUT2D eigenvalue weighted by Gasteiger charge is 2.32. The van der Waals surface area contributed by atoms with Gasteiger partial charge in [-0.3, -0.25) is 9.59 Å². The molecule has 2 amide bonds. The fourth-order valence-electron chi connectivity index (χ4n) is 3.16. The molecule has 0 radical (unpaired) electrons. The van der Waals surface area contributed by atoms with Crippen LogP contribution in [0.5, 0.6) is 5.75 Å². The van der Waals surface area contributed by atoms with E-state index in [4.69, 9.17) is 4.74 Å². The van der Waals surface area contributed by atoms with Crippen molar-refractivity contribution in [3.8, 4) is 5.75 Å². The molecule has 1 N–H and O–H groups in total. The Morgan fingerprint density at radius 1 is 1.06 bits per heavy atom. The van der Waals surface area contributed by atoms with E-state index in [1.165, 1.54) is 38.2 Å². The van der Waals surface area contributed by atoms with Crippen molar-refractivity contribution in [1.82, 2.24) is 14.5 Å². The van der Waals surface area contributed by atoms with E-state index in [1.807, 2.05) is 0 Å². The van der Waals surface area contributed by atoms with Gasteiger partial charge in [0.05, 0.1) is 12.8 Å². The quantitative estimate of drug-likeness (QED) is 0.515. The summed E-state index contributed by atoms with van der Waals surface area (Å²) in [7, 11) is 0.119. The molecule has 0 bridgehead atoms. The number of methoxy groups -OCH3 is 1. The molecule has 34 heavy (non-hydrogen) atoms. The van der Waals surface area contributed by atoms with Crippen LogP contribution in [0.4, 0.5) is 10.1 Å². The molecule has 0 aliphatic carbocycles. The zero-order valence-electron chi connectivity index (χ0n) is 20.0. The van der Waals surface area contributed by atoms with E-state index in [1.54, 1.807) is 38.1 Å². The number of amides is 2. The maximum absolute atomic E-state index is 13.5. The lowest BCUT2D eigenvalue weighted by molar-refractivity contribution is -0.139. The summed E-state index contributed by atoms with van der Waals surface area (Å²) in [4.78, 5) is 27.3. The van der Waals surface area contributed by atoms with Crippen LogP contribution in [0.2, 0.25) is 0 Å². The lowest BCUT2D eigenvalue weighted by Crippen LogP contribution is -2.52. The van der Waals surface area contributed by atoms with Crippen LogP contribution in [-0.2, 0) is 26.3 Å². The van der Waals surface area contributed by atoms with E-state index in [2.05, 4.69) is 5.32 Å². The molecule has 186 valence electrons. The molecular weight excluding hydrogens is 463 g/mol. The molecule has 0 aliphatic heterocycles. The van der Waals surface area contributed by atoms with Crippen LogP contribution in [0, 0.1) is 5.82 Å². The number of benzene rings is 2. The second-order valence-electron chi connectivity index (χ2n) is 7.71. The number of carbonyl (C=O) groups excluding carboxylic acids is 2. The van der Waals surface area contributed by atoms with Crippen LogP contribution in [0.3, 0.4) is 0 Å². The van der Waals surface area contributed by atoms with Gasteiger partial charge in [0.25, 0.3) is 0 Å². The van der Waals surface area contributed by atoms with Crippen LogP contribution < -0.4 is 14.4 Å².